The number of piperidine rings is 1. The molecular weight excluding hydrogens is 592 g/mol. The fourth-order valence-corrected chi connectivity index (χ4v) is 6.99. The van der Waals surface area contributed by atoms with Crippen LogP contribution in [0.2, 0.25) is 0 Å². The van der Waals surface area contributed by atoms with Gasteiger partial charge in [-0.2, -0.15) is 0 Å². The van der Waals surface area contributed by atoms with Crippen LogP contribution in [0.3, 0.4) is 0 Å². The van der Waals surface area contributed by atoms with Crippen LogP contribution in [0.15, 0.2) is 42.0 Å². The summed E-state index contributed by atoms with van der Waals surface area (Å²) < 4.78 is 6.01. The van der Waals surface area contributed by atoms with Crippen molar-refractivity contribution in [2.45, 2.75) is 137 Å². The molecule has 0 aromatic heterocycles. The van der Waals surface area contributed by atoms with Crippen molar-refractivity contribution in [1.82, 2.24) is 20.0 Å². The topological polar surface area (TPSA) is 99.3 Å². The Morgan fingerprint density at radius 2 is 1.60 bits per heavy atom. The molecule has 1 unspecified atom stereocenters. The third kappa shape index (κ3) is 9.91. The van der Waals surface area contributed by atoms with Crippen LogP contribution >= 0.6 is 0 Å². The number of carbonyl (C=O) groups excluding carboxylic acids is 4. The van der Waals surface area contributed by atoms with Crippen molar-refractivity contribution in [2.24, 2.45) is 11.8 Å². The highest BCUT2D eigenvalue weighted by Crippen LogP contribution is 2.28. The average Bonchev–Trinajstić information content (AvgIpc) is 3.55. The minimum Gasteiger partial charge on any atom is -0.456 e. The van der Waals surface area contributed by atoms with Gasteiger partial charge in [0, 0.05) is 25.2 Å². The van der Waals surface area contributed by atoms with Crippen LogP contribution in [-0.4, -0.2) is 88.7 Å². The van der Waals surface area contributed by atoms with Crippen LogP contribution < -0.4 is 5.32 Å². The highest BCUT2D eigenvalue weighted by molar-refractivity contribution is 5.96. The fraction of sp³-hybridized carbons (Fsp3) is 0.684. The molecule has 0 bridgehead atoms. The number of carbonyl (C=O) groups is 4. The highest BCUT2D eigenvalue weighted by Gasteiger charge is 2.39. The summed E-state index contributed by atoms with van der Waals surface area (Å²) in [5.41, 5.74) is 1.44. The lowest BCUT2D eigenvalue weighted by molar-refractivity contribution is -0.158. The number of nitrogens with zero attached hydrogens (tertiary/aromatic N) is 3. The maximum absolute atomic E-state index is 14.0. The second-order valence-corrected chi connectivity index (χ2v) is 14.4. The molecule has 2 aliphatic heterocycles. The summed E-state index contributed by atoms with van der Waals surface area (Å²) in [7, 11) is 1.75. The lowest BCUT2D eigenvalue weighted by Gasteiger charge is -2.39. The molecule has 3 amide bonds. The Labute approximate surface area is 283 Å². The molecule has 47 heavy (non-hydrogen) atoms. The zero-order valence-corrected chi connectivity index (χ0v) is 30.3. The van der Waals surface area contributed by atoms with E-state index in [1.165, 1.54) is 0 Å². The van der Waals surface area contributed by atoms with Gasteiger partial charge >= 0.3 is 5.97 Å². The van der Waals surface area contributed by atoms with Crippen molar-refractivity contribution in [1.29, 1.82) is 0 Å². The predicted molar refractivity (Wildman–Crippen MR) is 186 cm³/mol. The maximum Gasteiger partial charge on any atom is 0.329 e. The highest BCUT2D eigenvalue weighted by atomic mass is 16.5. The Bertz CT molecular complexity index is 1230. The van der Waals surface area contributed by atoms with E-state index < -0.39 is 12.1 Å². The van der Waals surface area contributed by atoms with Crippen LogP contribution in [0.4, 0.5) is 0 Å². The normalized spacial score (nSPS) is 21.1. The summed E-state index contributed by atoms with van der Waals surface area (Å²) in [5, 5.41) is 3.10. The quantitative estimate of drug-likeness (QED) is 0.199. The van der Waals surface area contributed by atoms with Crippen LogP contribution in [0, 0.1) is 11.8 Å². The summed E-state index contributed by atoms with van der Waals surface area (Å²) in [4.78, 5) is 60.3. The first-order chi connectivity index (χ1) is 22.3. The fourth-order valence-electron chi connectivity index (χ4n) is 6.99. The van der Waals surface area contributed by atoms with Gasteiger partial charge in [0.2, 0.25) is 17.7 Å². The molecule has 2 aliphatic rings. The molecule has 9 heteroatoms. The number of rotatable bonds is 14. The van der Waals surface area contributed by atoms with E-state index >= 15 is 0 Å². The first-order valence-electron chi connectivity index (χ1n) is 17.9. The number of esters is 1. The van der Waals surface area contributed by atoms with Gasteiger partial charge in [-0.25, -0.2) is 4.79 Å². The smallest absolute Gasteiger partial charge is 0.329 e. The van der Waals surface area contributed by atoms with Gasteiger partial charge in [-0.15, -0.1) is 0 Å². The monoisotopic (exact) mass is 652 g/mol. The Morgan fingerprint density at radius 3 is 2.19 bits per heavy atom. The minimum atomic E-state index is -0.687. The summed E-state index contributed by atoms with van der Waals surface area (Å²) in [5.74, 6) is -0.979. The number of nitrogens with one attached hydrogen (secondary N) is 1. The van der Waals surface area contributed by atoms with E-state index in [2.05, 4.69) is 31.0 Å². The lowest BCUT2D eigenvalue weighted by Crippen LogP contribution is -2.58. The van der Waals surface area contributed by atoms with Gasteiger partial charge in [0.15, 0.2) is 0 Å². The molecule has 3 rings (SSSR count). The number of likely N-dealkylation sites (tertiary alicyclic amines) is 2. The van der Waals surface area contributed by atoms with E-state index in [4.69, 9.17) is 4.74 Å². The predicted octanol–water partition coefficient (Wildman–Crippen LogP) is 5.90. The summed E-state index contributed by atoms with van der Waals surface area (Å²) in [6.07, 6.45) is 7.20. The van der Waals surface area contributed by atoms with Gasteiger partial charge in [-0.3, -0.25) is 19.3 Å². The molecule has 1 N–H and O–H groups in total. The number of likely N-dealkylation sites (N-methyl/N-ethyl adjacent to an activating group) is 1. The summed E-state index contributed by atoms with van der Waals surface area (Å²) in [6, 6.07) is 8.04. The van der Waals surface area contributed by atoms with Gasteiger partial charge < -0.3 is 19.9 Å². The van der Waals surface area contributed by atoms with E-state index in [-0.39, 0.29) is 59.8 Å². The first kappa shape index (κ1) is 38.2. The molecule has 0 saturated carbocycles. The minimum absolute atomic E-state index is 0.00463. The third-order valence-electron chi connectivity index (χ3n) is 9.74. The van der Waals surface area contributed by atoms with Crippen molar-refractivity contribution >= 4 is 23.7 Å². The van der Waals surface area contributed by atoms with Crippen LogP contribution in [0.25, 0.3) is 0 Å². The molecule has 1 aromatic carbocycles. The van der Waals surface area contributed by atoms with Gasteiger partial charge in [0.1, 0.15) is 18.2 Å². The number of hydrogen-bond acceptors (Lipinski definition) is 6. The molecule has 0 aliphatic carbocycles. The standard InChI is InChI=1S/C38H60N4O5/c1-10-17-33(29-18-12-11-13-19-29)47-38(46)31-21-16-23-42(31)36(44)28(8)24-32(25(2)3)40(9)37(45)34(26(4)5)39-35(43)30-20-14-15-22-41(30)27(6)7/h11-13,18-19,24-27,30-34H,10,14-17,20-23H2,1-9H3,(H,39,43)/t30?,31-,32+,33+,34-/m0/s1. The number of hydrogen-bond donors (Lipinski definition) is 1. The van der Waals surface area contributed by atoms with E-state index in [9.17, 15) is 19.2 Å². The van der Waals surface area contributed by atoms with E-state index in [1.54, 1.807) is 23.8 Å². The van der Waals surface area contributed by atoms with Crippen molar-refractivity contribution < 1.29 is 23.9 Å². The van der Waals surface area contributed by atoms with Crippen molar-refractivity contribution in [3.8, 4) is 0 Å². The molecule has 2 fully saturated rings. The zero-order chi connectivity index (χ0) is 34.8. The Balaban J connectivity index is 1.74. The Morgan fingerprint density at radius 1 is 0.936 bits per heavy atom. The zero-order valence-electron chi connectivity index (χ0n) is 30.3. The first-order valence-corrected chi connectivity index (χ1v) is 17.9. The Kier molecular flexibility index (Phi) is 14.5. The van der Waals surface area contributed by atoms with E-state index in [1.807, 2.05) is 64.1 Å². The molecule has 0 radical (unpaired) electrons. The van der Waals surface area contributed by atoms with Gasteiger partial charge in [-0.05, 0) is 76.8 Å². The third-order valence-corrected chi connectivity index (χ3v) is 9.74. The molecule has 262 valence electrons. The maximum atomic E-state index is 14.0. The van der Waals surface area contributed by atoms with Gasteiger partial charge in [0.05, 0.1) is 12.1 Å². The number of benzene rings is 1. The van der Waals surface area contributed by atoms with Crippen molar-refractivity contribution in [2.75, 3.05) is 20.1 Å². The average molecular weight is 653 g/mol. The lowest BCUT2D eigenvalue weighted by atomic mass is 9.95. The van der Waals surface area contributed by atoms with Crippen molar-refractivity contribution in [3.63, 3.8) is 0 Å². The molecule has 2 saturated heterocycles. The van der Waals surface area contributed by atoms with Crippen LogP contribution in [0.5, 0.6) is 0 Å². The second-order valence-electron chi connectivity index (χ2n) is 14.4. The van der Waals surface area contributed by atoms with Gasteiger partial charge in [0.25, 0.3) is 0 Å². The largest absolute Gasteiger partial charge is 0.456 e. The number of amides is 3. The summed E-state index contributed by atoms with van der Waals surface area (Å²) in [6.45, 7) is 17.3. The van der Waals surface area contributed by atoms with Crippen LogP contribution in [0.1, 0.15) is 112 Å². The molecule has 5 atom stereocenters. The van der Waals surface area contributed by atoms with Gasteiger partial charge in [-0.1, -0.05) is 83.9 Å². The molecule has 9 nitrogen and oxygen atoms in total. The summed E-state index contributed by atoms with van der Waals surface area (Å²) >= 11 is 0. The van der Waals surface area contributed by atoms with E-state index in [0.29, 0.717) is 25.0 Å². The SMILES string of the molecule is CCC[C@@H](OC(=O)[C@@H]1CCCN1C(=O)C(C)=C[C@H](C(C)C)N(C)C(=O)[C@@H](NC(=O)C1CCCCN1C(C)C)C(C)C)c1ccccc1. The molecule has 1 aromatic rings. The van der Waals surface area contributed by atoms with Crippen LogP contribution in [-0.2, 0) is 23.9 Å². The Hall–Kier alpha value is -3.20. The number of ether oxygens (including phenoxy) is 1. The van der Waals surface area contributed by atoms with Crippen molar-refractivity contribution in [3.05, 3.63) is 47.5 Å². The molecule has 2 heterocycles. The second kappa shape index (κ2) is 17.8. The van der Waals surface area contributed by atoms with E-state index in [0.717, 1.165) is 44.2 Å². The molecular formula is C38H60N4O5. The molecule has 0 spiro atoms.